The predicted octanol–water partition coefficient (Wildman–Crippen LogP) is 4.98. The van der Waals surface area contributed by atoms with E-state index in [4.69, 9.17) is 9.47 Å². The van der Waals surface area contributed by atoms with Crippen molar-refractivity contribution in [2.24, 2.45) is 0 Å². The Bertz CT molecular complexity index is 1010. The summed E-state index contributed by atoms with van der Waals surface area (Å²) in [5.74, 6) is 2.39. The molecule has 5 nitrogen and oxygen atoms in total. The van der Waals surface area contributed by atoms with E-state index >= 15 is 0 Å². The number of H-pyrrole nitrogens is 2. The van der Waals surface area contributed by atoms with E-state index in [9.17, 15) is 0 Å². The second-order valence-corrected chi connectivity index (χ2v) is 6.35. The summed E-state index contributed by atoms with van der Waals surface area (Å²) >= 11 is 0. The maximum Gasteiger partial charge on any atom is 0.161 e. The fourth-order valence-electron chi connectivity index (χ4n) is 3.42. The van der Waals surface area contributed by atoms with Gasteiger partial charge in [0.1, 0.15) is 5.82 Å². The lowest BCUT2D eigenvalue weighted by atomic mass is 10.1. The molecule has 0 radical (unpaired) electrons. The van der Waals surface area contributed by atoms with Gasteiger partial charge >= 0.3 is 0 Å². The molecular weight excluding hydrogens is 314 g/mol. The number of benzene rings is 2. The summed E-state index contributed by atoms with van der Waals surface area (Å²) < 4.78 is 10.8. The first-order valence-corrected chi connectivity index (χ1v) is 8.19. The largest absolute Gasteiger partial charge is 0.493 e. The molecule has 25 heavy (non-hydrogen) atoms. The number of methoxy groups -OCH3 is 2. The number of aromatic nitrogens is 2. The second kappa shape index (κ2) is 5.77. The molecule has 0 spiro atoms. The van der Waals surface area contributed by atoms with Crippen LogP contribution in [0.25, 0.3) is 22.0 Å². The molecule has 0 saturated carbocycles. The molecule has 0 bridgehead atoms. The maximum atomic E-state index is 5.43. The third-order valence-electron chi connectivity index (χ3n) is 4.47. The van der Waals surface area contributed by atoms with Gasteiger partial charge in [0, 0.05) is 16.6 Å². The van der Waals surface area contributed by atoms with E-state index in [2.05, 4.69) is 53.6 Å². The van der Waals surface area contributed by atoms with E-state index in [1.54, 1.807) is 14.2 Å². The molecule has 2 aromatic carbocycles. The van der Waals surface area contributed by atoms with Gasteiger partial charge in [-0.25, -0.2) is 0 Å². The number of hydrogen-bond acceptors (Lipinski definition) is 3. The highest BCUT2D eigenvalue weighted by molar-refractivity contribution is 6.05. The monoisotopic (exact) mass is 335 g/mol. The smallest absolute Gasteiger partial charge is 0.161 e. The summed E-state index contributed by atoms with van der Waals surface area (Å²) in [7, 11) is 3.30. The zero-order valence-electron chi connectivity index (χ0n) is 14.8. The van der Waals surface area contributed by atoms with Crippen LogP contribution in [0.3, 0.4) is 0 Å². The van der Waals surface area contributed by atoms with Crippen LogP contribution in [0.5, 0.6) is 11.5 Å². The number of anilines is 2. The van der Waals surface area contributed by atoms with Crippen molar-refractivity contribution < 1.29 is 9.47 Å². The number of hydrogen-bond donors (Lipinski definition) is 3. The quantitative estimate of drug-likeness (QED) is 0.493. The number of aryl methyl sites for hydroxylation is 2. The number of aromatic amines is 2. The van der Waals surface area contributed by atoms with Gasteiger partial charge in [0.2, 0.25) is 0 Å². The normalized spacial score (nSPS) is 11.2. The highest BCUT2D eigenvalue weighted by Crippen LogP contribution is 2.42. The van der Waals surface area contributed by atoms with Crippen LogP contribution in [0.2, 0.25) is 0 Å². The average molecular weight is 335 g/mol. The molecule has 0 aromatic heterocycles. The van der Waals surface area contributed by atoms with Crippen LogP contribution in [0.15, 0.2) is 36.4 Å². The van der Waals surface area contributed by atoms with Crippen molar-refractivity contribution in [1.82, 2.24) is 10.2 Å². The molecule has 1 heterocycles. The van der Waals surface area contributed by atoms with Crippen LogP contribution in [0, 0.1) is 13.8 Å². The Hall–Kier alpha value is -3.08. The molecule has 0 amide bonds. The lowest BCUT2D eigenvalue weighted by molar-refractivity contribution is 0.356. The molecule has 5 heteroatoms. The molecule has 3 N–H and O–H groups in total. The molecule has 1 aliphatic carbocycles. The van der Waals surface area contributed by atoms with Gasteiger partial charge in [0.25, 0.3) is 0 Å². The highest BCUT2D eigenvalue weighted by Gasteiger charge is 2.19. The van der Waals surface area contributed by atoms with Crippen molar-refractivity contribution in [2.45, 2.75) is 13.8 Å². The van der Waals surface area contributed by atoms with Crippen LogP contribution in [0.1, 0.15) is 11.1 Å². The molecule has 2 aliphatic rings. The summed E-state index contributed by atoms with van der Waals surface area (Å²) in [6.45, 7) is 4.20. The van der Waals surface area contributed by atoms with Crippen molar-refractivity contribution >= 4 is 22.3 Å². The van der Waals surface area contributed by atoms with Gasteiger partial charge in [-0.15, -0.1) is 0 Å². The first kappa shape index (κ1) is 15.4. The molecule has 0 fully saturated rings. The summed E-state index contributed by atoms with van der Waals surface area (Å²) in [6, 6.07) is 12.6. The minimum absolute atomic E-state index is 0.723. The van der Waals surface area contributed by atoms with Crippen molar-refractivity contribution in [1.29, 1.82) is 0 Å². The molecule has 1 aliphatic heterocycles. The van der Waals surface area contributed by atoms with E-state index in [0.717, 1.165) is 45.0 Å². The second-order valence-electron chi connectivity index (χ2n) is 6.35. The van der Waals surface area contributed by atoms with Crippen molar-refractivity contribution in [2.75, 3.05) is 19.5 Å². The average Bonchev–Trinajstić information content (AvgIpc) is 3.12. The van der Waals surface area contributed by atoms with Crippen LogP contribution in [0.4, 0.5) is 11.5 Å². The van der Waals surface area contributed by atoms with Gasteiger partial charge in [0.05, 0.1) is 19.9 Å². The predicted molar refractivity (Wildman–Crippen MR) is 102 cm³/mol. The molecule has 2 aromatic rings. The molecule has 0 unspecified atom stereocenters. The van der Waals surface area contributed by atoms with E-state index < -0.39 is 0 Å². The van der Waals surface area contributed by atoms with Crippen LogP contribution >= 0.6 is 0 Å². The highest BCUT2D eigenvalue weighted by atomic mass is 16.5. The lowest BCUT2D eigenvalue weighted by Gasteiger charge is -2.07. The minimum Gasteiger partial charge on any atom is -0.493 e. The van der Waals surface area contributed by atoms with E-state index in [0.29, 0.717) is 0 Å². The summed E-state index contributed by atoms with van der Waals surface area (Å²) in [5.41, 5.74) is 5.68. The third kappa shape index (κ3) is 2.58. The van der Waals surface area contributed by atoms with Gasteiger partial charge in [0.15, 0.2) is 11.5 Å². The van der Waals surface area contributed by atoms with E-state index in [1.165, 1.54) is 11.1 Å². The van der Waals surface area contributed by atoms with Gasteiger partial charge in [-0.2, -0.15) is 0 Å². The van der Waals surface area contributed by atoms with E-state index in [-0.39, 0.29) is 0 Å². The third-order valence-corrected chi connectivity index (χ3v) is 4.47. The summed E-state index contributed by atoms with van der Waals surface area (Å²) in [6.07, 6.45) is 0. The van der Waals surface area contributed by atoms with Crippen LogP contribution in [-0.2, 0) is 0 Å². The Kier molecular flexibility index (Phi) is 3.57. The number of ether oxygens (including phenoxy) is 2. The summed E-state index contributed by atoms with van der Waals surface area (Å²) in [5, 5.41) is 12.2. The first-order chi connectivity index (χ1) is 12.1. The molecule has 0 atom stereocenters. The van der Waals surface area contributed by atoms with Crippen LogP contribution < -0.4 is 14.8 Å². The lowest BCUT2D eigenvalue weighted by Crippen LogP contribution is -1.93. The van der Waals surface area contributed by atoms with Gasteiger partial charge in [-0.3, -0.25) is 10.2 Å². The fourth-order valence-corrected chi connectivity index (χ4v) is 3.42. The van der Waals surface area contributed by atoms with E-state index in [1.807, 2.05) is 12.1 Å². The van der Waals surface area contributed by atoms with Crippen molar-refractivity contribution in [3.63, 3.8) is 0 Å². The topological polar surface area (TPSA) is 62.1 Å². The van der Waals surface area contributed by atoms with Gasteiger partial charge < -0.3 is 14.8 Å². The van der Waals surface area contributed by atoms with Crippen molar-refractivity contribution in [3.8, 4) is 22.8 Å². The Morgan fingerprint density at radius 2 is 1.48 bits per heavy atom. The zero-order valence-corrected chi connectivity index (χ0v) is 14.8. The number of rotatable bonds is 4. The van der Waals surface area contributed by atoms with Crippen molar-refractivity contribution in [3.05, 3.63) is 47.5 Å². The Morgan fingerprint density at radius 3 is 2.16 bits per heavy atom. The molecule has 4 rings (SSSR count). The standard InChI is InChI=1S/C20H21N3O2/c1-11-5-12(2)7-14(6-11)21-20-16-8-13-9-17(24-3)18(25-4)10-15(13)19(16)22-23-20/h5-10,21-23H,1-4H3. The first-order valence-electron chi connectivity index (χ1n) is 8.19. The Balaban J connectivity index is 1.79. The maximum absolute atomic E-state index is 5.43. The Labute approximate surface area is 146 Å². The fraction of sp³-hybridized carbons (Fsp3) is 0.200. The zero-order chi connectivity index (χ0) is 17.6. The van der Waals surface area contributed by atoms with Gasteiger partial charge in [-0.1, -0.05) is 6.07 Å². The summed E-state index contributed by atoms with van der Waals surface area (Å²) in [4.78, 5) is 0. The Morgan fingerprint density at radius 1 is 0.800 bits per heavy atom. The number of fused-ring (bicyclic) bond motifs is 3. The molecule has 0 saturated heterocycles. The van der Waals surface area contributed by atoms with Gasteiger partial charge in [-0.05, 0) is 60.7 Å². The number of nitrogens with one attached hydrogen (secondary N) is 3. The molecule has 128 valence electrons. The SMILES string of the molecule is COc1cc2cc3c(Nc4cc(C)cc(C)c4)[nH][nH]c-3c2cc1OC. The van der Waals surface area contributed by atoms with Crippen LogP contribution in [-0.4, -0.2) is 24.4 Å². The minimum atomic E-state index is 0.723. The molecular formula is C20H21N3O2.